The third kappa shape index (κ3) is 1.61. The molecule has 12 heavy (non-hydrogen) atoms. The third-order valence-electron chi connectivity index (χ3n) is 1.90. The van der Waals surface area contributed by atoms with E-state index in [9.17, 15) is 4.39 Å². The van der Waals surface area contributed by atoms with Crippen molar-refractivity contribution in [1.29, 1.82) is 0 Å². The summed E-state index contributed by atoms with van der Waals surface area (Å²) in [4.78, 5) is 3.64. The zero-order valence-electron chi connectivity index (χ0n) is 7.21. The van der Waals surface area contributed by atoms with Gasteiger partial charge in [0.15, 0.2) is 0 Å². The number of aliphatic hydroxyl groups excluding tert-OH is 1. The zero-order chi connectivity index (χ0) is 9.19. The Balaban J connectivity index is 3.10. The van der Waals surface area contributed by atoms with Gasteiger partial charge in [0.05, 0.1) is 12.8 Å². The molecule has 0 fully saturated rings. The maximum absolute atomic E-state index is 13.1. The van der Waals surface area contributed by atoms with Gasteiger partial charge in [-0.25, -0.2) is 4.39 Å². The maximum atomic E-state index is 13.1. The van der Waals surface area contributed by atoms with E-state index in [-0.39, 0.29) is 12.4 Å². The molecule has 0 bridgehead atoms. The summed E-state index contributed by atoms with van der Waals surface area (Å²) in [5.41, 5.74) is -0.0347. The minimum Gasteiger partial charge on any atom is -0.395 e. The topological polar surface area (TPSA) is 33.1 Å². The van der Waals surface area contributed by atoms with Crippen LogP contribution >= 0.6 is 0 Å². The number of halogens is 1. The highest BCUT2D eigenvalue weighted by atomic mass is 19.1. The molecule has 0 aliphatic rings. The fourth-order valence-electron chi connectivity index (χ4n) is 1.01. The lowest BCUT2D eigenvalue weighted by Crippen LogP contribution is -2.23. The van der Waals surface area contributed by atoms with E-state index in [0.717, 1.165) is 6.20 Å². The molecule has 1 aromatic heterocycles. The van der Waals surface area contributed by atoms with Crippen molar-refractivity contribution in [3.63, 3.8) is 0 Å². The molecular weight excluding hydrogens is 157 g/mol. The summed E-state index contributed by atoms with van der Waals surface area (Å²) in [5.74, 6) is -0.364. The van der Waals surface area contributed by atoms with Gasteiger partial charge in [-0.1, -0.05) is 13.8 Å². The lowest BCUT2D eigenvalue weighted by Gasteiger charge is -2.22. The molecule has 0 spiro atoms. The van der Waals surface area contributed by atoms with Crippen LogP contribution in [0.1, 0.15) is 19.4 Å². The molecule has 0 saturated carbocycles. The number of aliphatic hydroxyl groups is 1. The van der Waals surface area contributed by atoms with Crippen LogP contribution in [-0.2, 0) is 5.41 Å². The molecule has 0 amide bonds. The van der Waals surface area contributed by atoms with Crippen molar-refractivity contribution in [3.05, 3.63) is 29.8 Å². The molecule has 3 heteroatoms. The third-order valence-corrected chi connectivity index (χ3v) is 1.90. The molecule has 2 nitrogen and oxygen atoms in total. The fraction of sp³-hybridized carbons (Fsp3) is 0.444. The van der Waals surface area contributed by atoms with Crippen molar-refractivity contribution in [3.8, 4) is 0 Å². The van der Waals surface area contributed by atoms with Gasteiger partial charge in [0.25, 0.3) is 0 Å². The van der Waals surface area contributed by atoms with Crippen LogP contribution in [0.2, 0.25) is 0 Å². The molecule has 0 aliphatic heterocycles. The first kappa shape index (κ1) is 9.13. The average Bonchev–Trinajstić information content (AvgIpc) is 2.05. The van der Waals surface area contributed by atoms with E-state index in [1.165, 1.54) is 6.20 Å². The first-order valence-electron chi connectivity index (χ1n) is 3.79. The number of rotatable bonds is 2. The van der Waals surface area contributed by atoms with Crippen molar-refractivity contribution in [2.45, 2.75) is 19.3 Å². The Kier molecular flexibility index (Phi) is 2.43. The fourth-order valence-corrected chi connectivity index (χ4v) is 1.01. The van der Waals surface area contributed by atoms with Crippen molar-refractivity contribution >= 4 is 0 Å². The van der Waals surface area contributed by atoms with Crippen LogP contribution in [-0.4, -0.2) is 16.7 Å². The molecule has 0 radical (unpaired) electrons. The summed E-state index contributed by atoms with van der Waals surface area (Å²) in [7, 11) is 0. The molecule has 1 heterocycles. The minimum absolute atomic E-state index is 0.0755. The molecule has 1 N–H and O–H groups in total. The highest BCUT2D eigenvalue weighted by molar-refractivity contribution is 5.22. The van der Waals surface area contributed by atoms with E-state index in [2.05, 4.69) is 4.98 Å². The summed E-state index contributed by atoms with van der Waals surface area (Å²) in [6.45, 7) is 3.49. The second kappa shape index (κ2) is 3.19. The molecule has 1 aromatic rings. The maximum Gasteiger partial charge on any atom is 0.145 e. The van der Waals surface area contributed by atoms with E-state index < -0.39 is 5.41 Å². The van der Waals surface area contributed by atoms with Gasteiger partial charge in [0.2, 0.25) is 0 Å². The monoisotopic (exact) mass is 169 g/mol. The van der Waals surface area contributed by atoms with Crippen LogP contribution in [0.3, 0.4) is 0 Å². The van der Waals surface area contributed by atoms with Crippen LogP contribution in [0.15, 0.2) is 18.5 Å². The van der Waals surface area contributed by atoms with Gasteiger partial charge in [-0.15, -0.1) is 0 Å². The number of pyridine rings is 1. The summed E-state index contributed by atoms with van der Waals surface area (Å²) < 4.78 is 13.1. The first-order valence-corrected chi connectivity index (χ1v) is 3.79. The molecule has 0 unspecified atom stereocenters. The smallest absolute Gasteiger partial charge is 0.145 e. The first-order chi connectivity index (χ1) is 5.58. The summed E-state index contributed by atoms with van der Waals surface area (Å²) >= 11 is 0. The lowest BCUT2D eigenvalue weighted by molar-refractivity contribution is 0.215. The van der Waals surface area contributed by atoms with Crippen LogP contribution in [0, 0.1) is 5.82 Å². The lowest BCUT2D eigenvalue weighted by atomic mass is 9.86. The molecule has 0 saturated heterocycles. The minimum atomic E-state index is -0.535. The Labute approximate surface area is 71.1 Å². The quantitative estimate of drug-likeness (QED) is 0.727. The van der Waals surface area contributed by atoms with Crippen LogP contribution in [0.25, 0.3) is 0 Å². The van der Waals surface area contributed by atoms with Crippen LogP contribution < -0.4 is 0 Å². The van der Waals surface area contributed by atoms with Gasteiger partial charge in [0.1, 0.15) is 5.82 Å². The Bertz CT molecular complexity index is 273. The van der Waals surface area contributed by atoms with Crippen LogP contribution in [0.5, 0.6) is 0 Å². The second-order valence-corrected chi connectivity index (χ2v) is 3.40. The molecule has 1 rings (SSSR count). The average molecular weight is 169 g/mol. The van der Waals surface area contributed by atoms with E-state index >= 15 is 0 Å². The SMILES string of the molecule is CC(C)(CO)c1ccncc1F. The Morgan fingerprint density at radius 3 is 2.75 bits per heavy atom. The zero-order valence-corrected chi connectivity index (χ0v) is 7.21. The molecular formula is C9H12FNO. The highest BCUT2D eigenvalue weighted by Gasteiger charge is 2.22. The predicted molar refractivity (Wildman–Crippen MR) is 44.3 cm³/mol. The molecule has 66 valence electrons. The molecule has 0 aromatic carbocycles. The summed E-state index contributed by atoms with van der Waals surface area (Å²) in [5, 5.41) is 8.98. The molecule has 0 aliphatic carbocycles. The largest absolute Gasteiger partial charge is 0.395 e. The predicted octanol–water partition coefficient (Wildman–Crippen LogP) is 1.49. The van der Waals surface area contributed by atoms with Gasteiger partial charge in [-0.3, -0.25) is 4.98 Å². The van der Waals surface area contributed by atoms with Crippen molar-refractivity contribution < 1.29 is 9.50 Å². The van der Waals surface area contributed by atoms with E-state index in [1.54, 1.807) is 19.9 Å². The Morgan fingerprint density at radius 2 is 2.25 bits per heavy atom. The van der Waals surface area contributed by atoms with Crippen LogP contribution in [0.4, 0.5) is 4.39 Å². The Hall–Kier alpha value is -0.960. The second-order valence-electron chi connectivity index (χ2n) is 3.40. The van der Waals surface area contributed by atoms with Gasteiger partial charge >= 0.3 is 0 Å². The van der Waals surface area contributed by atoms with Crippen molar-refractivity contribution in [2.24, 2.45) is 0 Å². The summed E-state index contributed by atoms with van der Waals surface area (Å²) in [6.07, 6.45) is 2.68. The standard InChI is InChI=1S/C9H12FNO/c1-9(2,6-12)7-3-4-11-5-8(7)10/h3-5,12H,6H2,1-2H3. The highest BCUT2D eigenvalue weighted by Crippen LogP contribution is 2.23. The van der Waals surface area contributed by atoms with Crippen molar-refractivity contribution in [1.82, 2.24) is 4.98 Å². The van der Waals surface area contributed by atoms with E-state index in [0.29, 0.717) is 5.56 Å². The van der Waals surface area contributed by atoms with Gasteiger partial charge < -0.3 is 5.11 Å². The van der Waals surface area contributed by atoms with E-state index in [1.807, 2.05) is 0 Å². The number of hydrogen-bond donors (Lipinski definition) is 1. The van der Waals surface area contributed by atoms with Gasteiger partial charge in [-0.05, 0) is 11.6 Å². The normalized spacial score (nSPS) is 11.7. The number of aromatic nitrogens is 1. The van der Waals surface area contributed by atoms with Gasteiger partial charge in [0, 0.05) is 11.6 Å². The number of hydrogen-bond acceptors (Lipinski definition) is 2. The van der Waals surface area contributed by atoms with Crippen molar-refractivity contribution in [2.75, 3.05) is 6.61 Å². The number of nitrogens with zero attached hydrogens (tertiary/aromatic N) is 1. The Morgan fingerprint density at radius 1 is 1.58 bits per heavy atom. The van der Waals surface area contributed by atoms with Gasteiger partial charge in [-0.2, -0.15) is 0 Å². The molecule has 0 atom stereocenters. The van der Waals surface area contributed by atoms with E-state index in [4.69, 9.17) is 5.11 Å². The summed E-state index contributed by atoms with van der Waals surface area (Å²) in [6, 6.07) is 1.59.